The molecule has 1 N–H and O–H groups in total. The van der Waals surface area contributed by atoms with E-state index in [1.807, 2.05) is 0 Å². The second-order valence-corrected chi connectivity index (χ2v) is 5.25. The zero-order chi connectivity index (χ0) is 12.4. The van der Waals surface area contributed by atoms with Crippen molar-refractivity contribution in [2.24, 2.45) is 5.92 Å². The molecule has 1 aliphatic carbocycles. The van der Waals surface area contributed by atoms with Gasteiger partial charge in [0, 0.05) is 7.11 Å². The van der Waals surface area contributed by atoms with E-state index >= 15 is 0 Å². The molecule has 0 radical (unpaired) electrons. The molecule has 1 fully saturated rings. The average Bonchev–Trinajstić information content (AvgIpc) is 3.11. The van der Waals surface area contributed by atoms with Crippen LogP contribution in [0.4, 0.5) is 0 Å². The van der Waals surface area contributed by atoms with Crippen LogP contribution in [0.2, 0.25) is 0 Å². The van der Waals surface area contributed by atoms with Crippen molar-refractivity contribution in [1.82, 2.24) is 9.97 Å². The molecule has 5 heteroatoms. The first kappa shape index (κ1) is 12.8. The van der Waals surface area contributed by atoms with E-state index in [-0.39, 0.29) is 11.7 Å². The zero-order valence-electron chi connectivity index (χ0n) is 10.1. The number of hydrogen-bond donors (Lipinski definition) is 1. The summed E-state index contributed by atoms with van der Waals surface area (Å²) in [4.78, 5) is 19.1. The fraction of sp³-hybridized carbons (Fsp3) is 0.667. The van der Waals surface area contributed by atoms with Gasteiger partial charge in [0.1, 0.15) is 16.4 Å². The van der Waals surface area contributed by atoms with Crippen LogP contribution in [0.1, 0.15) is 43.8 Å². The Morgan fingerprint density at radius 1 is 1.59 bits per heavy atom. The van der Waals surface area contributed by atoms with E-state index in [4.69, 9.17) is 4.74 Å². The first-order valence-electron chi connectivity index (χ1n) is 5.98. The third-order valence-corrected chi connectivity index (χ3v) is 3.83. The van der Waals surface area contributed by atoms with E-state index < -0.39 is 0 Å². The van der Waals surface area contributed by atoms with E-state index in [1.54, 1.807) is 7.11 Å². The highest BCUT2D eigenvalue weighted by molar-refractivity contribution is 9.10. The third kappa shape index (κ3) is 2.77. The molecule has 0 amide bonds. The number of aromatic nitrogens is 2. The summed E-state index contributed by atoms with van der Waals surface area (Å²) in [5, 5.41) is 0. The predicted octanol–water partition coefficient (Wildman–Crippen LogP) is 2.58. The van der Waals surface area contributed by atoms with Crippen molar-refractivity contribution in [3.05, 3.63) is 26.3 Å². The molecule has 1 aliphatic rings. The highest BCUT2D eigenvalue weighted by Crippen LogP contribution is 2.41. The van der Waals surface area contributed by atoms with Crippen LogP contribution >= 0.6 is 15.9 Å². The lowest BCUT2D eigenvalue weighted by atomic mass is 10.2. The SMILES string of the molecule is CCCc1nc(C(OC)C2CC2)[nH]c(=O)c1Br. The Labute approximate surface area is 109 Å². The molecule has 2 rings (SSSR count). The molecule has 1 unspecified atom stereocenters. The molecule has 1 atom stereocenters. The Kier molecular flexibility index (Phi) is 3.99. The number of aromatic amines is 1. The summed E-state index contributed by atoms with van der Waals surface area (Å²) in [6, 6.07) is 0. The summed E-state index contributed by atoms with van der Waals surface area (Å²) in [6.07, 6.45) is 4.02. The molecular weight excluding hydrogens is 284 g/mol. The van der Waals surface area contributed by atoms with Crippen LogP contribution in [-0.2, 0) is 11.2 Å². The van der Waals surface area contributed by atoms with E-state index in [9.17, 15) is 4.79 Å². The summed E-state index contributed by atoms with van der Waals surface area (Å²) in [5.41, 5.74) is 0.718. The van der Waals surface area contributed by atoms with Crippen LogP contribution in [0.3, 0.4) is 0 Å². The molecule has 0 bridgehead atoms. The number of rotatable bonds is 5. The van der Waals surface area contributed by atoms with Crippen LogP contribution in [-0.4, -0.2) is 17.1 Å². The van der Waals surface area contributed by atoms with Crippen molar-refractivity contribution in [3.8, 4) is 0 Å². The average molecular weight is 301 g/mol. The van der Waals surface area contributed by atoms with E-state index in [0.29, 0.717) is 16.2 Å². The highest BCUT2D eigenvalue weighted by Gasteiger charge is 2.34. The van der Waals surface area contributed by atoms with Gasteiger partial charge in [0.05, 0.1) is 5.69 Å². The van der Waals surface area contributed by atoms with Crippen molar-refractivity contribution in [2.45, 2.75) is 38.7 Å². The minimum Gasteiger partial charge on any atom is -0.373 e. The van der Waals surface area contributed by atoms with Crippen LogP contribution in [0.15, 0.2) is 9.27 Å². The van der Waals surface area contributed by atoms with Crippen LogP contribution in [0.25, 0.3) is 0 Å². The molecule has 1 aromatic heterocycles. The molecule has 0 saturated heterocycles. The summed E-state index contributed by atoms with van der Waals surface area (Å²) < 4.78 is 5.99. The van der Waals surface area contributed by atoms with Gasteiger partial charge in [-0.1, -0.05) is 13.3 Å². The number of nitrogens with one attached hydrogen (secondary N) is 1. The molecule has 1 saturated carbocycles. The molecule has 0 spiro atoms. The zero-order valence-corrected chi connectivity index (χ0v) is 11.7. The summed E-state index contributed by atoms with van der Waals surface area (Å²) >= 11 is 3.29. The second kappa shape index (κ2) is 5.31. The van der Waals surface area contributed by atoms with Gasteiger partial charge in [-0.2, -0.15) is 0 Å². The maximum Gasteiger partial charge on any atom is 0.265 e. The van der Waals surface area contributed by atoms with Gasteiger partial charge in [-0.05, 0) is 41.1 Å². The Morgan fingerprint density at radius 2 is 2.29 bits per heavy atom. The Morgan fingerprint density at radius 3 is 2.82 bits per heavy atom. The topological polar surface area (TPSA) is 55.0 Å². The molecule has 0 aliphatic heterocycles. The van der Waals surface area contributed by atoms with Gasteiger partial charge in [-0.3, -0.25) is 4.79 Å². The molecule has 1 aromatic rings. The Bertz CT molecular complexity index is 454. The number of hydrogen-bond acceptors (Lipinski definition) is 3. The van der Waals surface area contributed by atoms with Crippen molar-refractivity contribution >= 4 is 15.9 Å². The third-order valence-electron chi connectivity index (χ3n) is 3.01. The molecule has 0 aromatic carbocycles. The smallest absolute Gasteiger partial charge is 0.265 e. The van der Waals surface area contributed by atoms with Gasteiger partial charge in [0.2, 0.25) is 0 Å². The molecule has 94 valence electrons. The van der Waals surface area contributed by atoms with Gasteiger partial charge in [0.25, 0.3) is 5.56 Å². The van der Waals surface area contributed by atoms with Gasteiger partial charge in [-0.25, -0.2) is 4.98 Å². The largest absolute Gasteiger partial charge is 0.373 e. The second-order valence-electron chi connectivity index (χ2n) is 4.46. The minimum absolute atomic E-state index is 0.0635. The van der Waals surface area contributed by atoms with E-state index in [0.717, 1.165) is 31.4 Å². The molecule has 17 heavy (non-hydrogen) atoms. The first-order chi connectivity index (χ1) is 8.17. The van der Waals surface area contributed by atoms with Crippen molar-refractivity contribution in [3.63, 3.8) is 0 Å². The maximum atomic E-state index is 11.8. The first-order valence-corrected chi connectivity index (χ1v) is 6.78. The number of H-pyrrole nitrogens is 1. The lowest BCUT2D eigenvalue weighted by molar-refractivity contribution is 0.0767. The van der Waals surface area contributed by atoms with Crippen LogP contribution in [0.5, 0.6) is 0 Å². The van der Waals surface area contributed by atoms with Crippen LogP contribution in [0, 0.1) is 5.92 Å². The van der Waals surface area contributed by atoms with Gasteiger partial charge >= 0.3 is 0 Å². The van der Waals surface area contributed by atoms with Crippen molar-refractivity contribution in [1.29, 1.82) is 0 Å². The highest BCUT2D eigenvalue weighted by atomic mass is 79.9. The number of nitrogens with zero attached hydrogens (tertiary/aromatic N) is 1. The summed E-state index contributed by atoms with van der Waals surface area (Å²) in [5.74, 6) is 1.19. The molecular formula is C12H17BrN2O2. The predicted molar refractivity (Wildman–Crippen MR) is 69.0 cm³/mol. The Balaban J connectivity index is 2.36. The van der Waals surface area contributed by atoms with Crippen LogP contribution < -0.4 is 5.56 Å². The van der Waals surface area contributed by atoms with Gasteiger partial charge in [-0.15, -0.1) is 0 Å². The van der Waals surface area contributed by atoms with E-state index in [2.05, 4.69) is 32.8 Å². The van der Waals surface area contributed by atoms with E-state index in [1.165, 1.54) is 0 Å². The number of ether oxygens (including phenoxy) is 1. The quantitative estimate of drug-likeness (QED) is 0.909. The minimum atomic E-state index is -0.110. The van der Waals surface area contributed by atoms with Gasteiger partial charge < -0.3 is 9.72 Å². The normalized spacial score (nSPS) is 17.1. The number of aryl methyl sites for hydroxylation is 1. The standard InChI is InChI=1S/C12H17BrN2O2/c1-3-4-8-9(13)12(16)15-11(14-8)10(17-2)7-5-6-7/h7,10H,3-6H2,1-2H3,(H,14,15,16). The monoisotopic (exact) mass is 300 g/mol. The van der Waals surface area contributed by atoms with Crippen molar-refractivity contribution < 1.29 is 4.74 Å². The molecule has 4 nitrogen and oxygen atoms in total. The fourth-order valence-corrected chi connectivity index (χ4v) is 2.37. The number of methoxy groups -OCH3 is 1. The lowest BCUT2D eigenvalue weighted by Gasteiger charge is -2.14. The Hall–Kier alpha value is -0.680. The maximum absolute atomic E-state index is 11.8. The lowest BCUT2D eigenvalue weighted by Crippen LogP contribution is -2.19. The fourth-order valence-electron chi connectivity index (χ4n) is 1.99. The number of halogens is 1. The summed E-state index contributed by atoms with van der Waals surface area (Å²) in [7, 11) is 1.67. The van der Waals surface area contributed by atoms with Gasteiger partial charge in [0.15, 0.2) is 0 Å². The van der Waals surface area contributed by atoms with Crippen molar-refractivity contribution in [2.75, 3.05) is 7.11 Å². The summed E-state index contributed by atoms with van der Waals surface area (Å²) in [6.45, 7) is 2.07. The molecule has 1 heterocycles.